The van der Waals surface area contributed by atoms with Crippen molar-refractivity contribution in [2.24, 2.45) is 0 Å². The maximum Gasteiger partial charge on any atom is 0.374 e. The van der Waals surface area contributed by atoms with Gasteiger partial charge in [-0.1, -0.05) is 19.1 Å². The summed E-state index contributed by atoms with van der Waals surface area (Å²) in [5, 5.41) is 2.23. The molecule has 4 aromatic rings. The number of halogens is 1. The highest BCUT2D eigenvalue weighted by atomic mass is 32.1. The molecule has 7 nitrogen and oxygen atoms in total. The van der Waals surface area contributed by atoms with E-state index in [4.69, 9.17) is 13.9 Å². The summed E-state index contributed by atoms with van der Waals surface area (Å²) in [5.41, 5.74) is 2.41. The number of benzene rings is 2. The standard InChI is InChI=1S/C26H23FN2O5S/c1-3-18-4-8-21(9-5-18)29(17(2)30)26-28-20(16-35-26)14-33-25(31)24-13-12-23(34-24)15-32-22-10-6-19(27)7-11-22/h4-13,16H,3,14-15H2,1-2H3. The molecule has 180 valence electrons. The van der Waals surface area contributed by atoms with Gasteiger partial charge in [0.25, 0.3) is 0 Å². The van der Waals surface area contributed by atoms with Crippen LogP contribution in [0.25, 0.3) is 0 Å². The molecule has 0 saturated carbocycles. The van der Waals surface area contributed by atoms with E-state index in [1.165, 1.54) is 59.1 Å². The van der Waals surface area contributed by atoms with Gasteiger partial charge in [0.15, 0.2) is 5.13 Å². The number of rotatable bonds is 9. The maximum absolute atomic E-state index is 13.0. The fraction of sp³-hybridized carbons (Fsp3) is 0.192. The molecule has 35 heavy (non-hydrogen) atoms. The summed E-state index contributed by atoms with van der Waals surface area (Å²) in [6, 6.07) is 16.4. The SMILES string of the molecule is CCc1ccc(N(C(C)=O)c2nc(COC(=O)c3ccc(COc4ccc(F)cc4)o3)cs2)cc1. The van der Waals surface area contributed by atoms with Crippen molar-refractivity contribution in [2.45, 2.75) is 33.5 Å². The second-order valence-electron chi connectivity index (χ2n) is 7.58. The molecule has 0 unspecified atom stereocenters. The third kappa shape index (κ3) is 6.13. The number of hydrogen-bond acceptors (Lipinski definition) is 7. The predicted octanol–water partition coefficient (Wildman–Crippen LogP) is 6.06. The van der Waals surface area contributed by atoms with Crippen LogP contribution in [-0.4, -0.2) is 16.9 Å². The lowest BCUT2D eigenvalue weighted by Gasteiger charge is -2.18. The van der Waals surface area contributed by atoms with Crippen molar-refractivity contribution < 1.29 is 27.9 Å². The van der Waals surface area contributed by atoms with E-state index in [1.54, 1.807) is 11.4 Å². The van der Waals surface area contributed by atoms with Gasteiger partial charge in [-0.15, -0.1) is 11.3 Å². The lowest BCUT2D eigenvalue weighted by Crippen LogP contribution is -2.22. The van der Waals surface area contributed by atoms with Crippen molar-refractivity contribution in [2.75, 3.05) is 4.90 Å². The molecule has 9 heteroatoms. The number of thiazole rings is 1. The minimum absolute atomic E-state index is 0.0273. The van der Waals surface area contributed by atoms with Crippen molar-refractivity contribution >= 4 is 34.0 Å². The summed E-state index contributed by atoms with van der Waals surface area (Å²) in [5.74, 6) is -0.244. The average Bonchev–Trinajstić information content (AvgIpc) is 3.53. The Morgan fingerprint density at radius 2 is 1.77 bits per heavy atom. The minimum atomic E-state index is -0.647. The van der Waals surface area contributed by atoms with Crippen molar-refractivity contribution in [3.05, 3.63) is 94.6 Å². The summed E-state index contributed by atoms with van der Waals surface area (Å²) in [7, 11) is 0. The number of aryl methyl sites for hydroxylation is 1. The largest absolute Gasteiger partial charge is 0.486 e. The van der Waals surface area contributed by atoms with Gasteiger partial charge < -0.3 is 13.9 Å². The quantitative estimate of drug-likeness (QED) is 0.263. The highest BCUT2D eigenvalue weighted by molar-refractivity contribution is 7.14. The Morgan fingerprint density at radius 3 is 2.46 bits per heavy atom. The number of aromatic nitrogens is 1. The maximum atomic E-state index is 13.0. The first-order valence-corrected chi connectivity index (χ1v) is 11.8. The molecule has 0 atom stereocenters. The molecule has 0 fully saturated rings. The zero-order valence-corrected chi connectivity index (χ0v) is 20.0. The van der Waals surface area contributed by atoms with E-state index in [2.05, 4.69) is 11.9 Å². The zero-order chi connectivity index (χ0) is 24.8. The zero-order valence-electron chi connectivity index (χ0n) is 19.2. The second kappa shape index (κ2) is 11.0. The Hall–Kier alpha value is -3.98. The number of anilines is 2. The van der Waals surface area contributed by atoms with Gasteiger partial charge >= 0.3 is 5.97 Å². The van der Waals surface area contributed by atoms with Gasteiger partial charge in [-0.05, 0) is 60.5 Å². The molecule has 0 aliphatic heterocycles. The first-order valence-electron chi connectivity index (χ1n) is 10.9. The molecule has 0 radical (unpaired) electrons. The number of esters is 1. The lowest BCUT2D eigenvalue weighted by molar-refractivity contribution is -0.115. The Morgan fingerprint density at radius 1 is 1.03 bits per heavy atom. The molecule has 0 spiro atoms. The molecule has 4 rings (SSSR count). The van der Waals surface area contributed by atoms with Crippen molar-refractivity contribution in [1.82, 2.24) is 4.98 Å². The summed E-state index contributed by atoms with van der Waals surface area (Å²) in [4.78, 5) is 30.7. The Balaban J connectivity index is 1.34. The lowest BCUT2D eigenvalue weighted by atomic mass is 10.1. The molecular formula is C26H23FN2O5S. The molecule has 0 aliphatic rings. The molecule has 0 N–H and O–H groups in total. The van der Waals surface area contributed by atoms with Gasteiger partial charge in [0, 0.05) is 12.3 Å². The van der Waals surface area contributed by atoms with E-state index >= 15 is 0 Å². The molecule has 0 aliphatic carbocycles. The van der Waals surface area contributed by atoms with Crippen LogP contribution in [-0.2, 0) is 29.2 Å². The average molecular weight is 495 g/mol. The molecular weight excluding hydrogens is 471 g/mol. The molecule has 0 saturated heterocycles. The molecule has 2 heterocycles. The second-order valence-corrected chi connectivity index (χ2v) is 8.42. The molecule has 2 aromatic carbocycles. The Labute approximate surface area is 205 Å². The monoisotopic (exact) mass is 494 g/mol. The van der Waals surface area contributed by atoms with Crippen LogP contribution >= 0.6 is 11.3 Å². The molecule has 0 bridgehead atoms. The van der Waals surface area contributed by atoms with Crippen molar-refractivity contribution in [3.8, 4) is 5.75 Å². The number of amides is 1. The number of carbonyl (C=O) groups excluding carboxylic acids is 2. The molecule has 1 amide bonds. The van der Waals surface area contributed by atoms with Crippen LogP contribution in [0.4, 0.5) is 15.2 Å². The number of furan rings is 1. The predicted molar refractivity (Wildman–Crippen MR) is 129 cm³/mol. The van der Waals surface area contributed by atoms with Crippen molar-refractivity contribution in [1.29, 1.82) is 0 Å². The van der Waals surface area contributed by atoms with Gasteiger partial charge in [-0.2, -0.15) is 0 Å². The summed E-state index contributed by atoms with van der Waals surface area (Å²) in [6.07, 6.45) is 0.908. The van der Waals surface area contributed by atoms with Crippen LogP contribution in [0, 0.1) is 5.82 Å². The van der Waals surface area contributed by atoms with E-state index in [-0.39, 0.29) is 30.7 Å². The summed E-state index contributed by atoms with van der Waals surface area (Å²) < 4.78 is 29.3. The fourth-order valence-corrected chi connectivity index (χ4v) is 4.11. The number of carbonyl (C=O) groups is 2. The number of nitrogens with zero attached hydrogens (tertiary/aromatic N) is 2. The van der Waals surface area contributed by atoms with E-state index in [1.807, 2.05) is 24.3 Å². The third-order valence-electron chi connectivity index (χ3n) is 5.06. The first kappa shape index (κ1) is 24.2. The van der Waals surface area contributed by atoms with E-state index in [0.717, 1.165) is 12.1 Å². The molecule has 2 aromatic heterocycles. The highest BCUT2D eigenvalue weighted by Crippen LogP contribution is 2.29. The van der Waals surface area contributed by atoms with Gasteiger partial charge in [-0.25, -0.2) is 14.2 Å². The Bertz CT molecular complexity index is 1300. The van der Waals surface area contributed by atoms with Gasteiger partial charge in [0.2, 0.25) is 11.7 Å². The smallest absolute Gasteiger partial charge is 0.374 e. The van der Waals surface area contributed by atoms with Gasteiger partial charge in [0.05, 0.1) is 11.4 Å². The first-order chi connectivity index (χ1) is 16.9. The van der Waals surface area contributed by atoms with Crippen LogP contribution in [0.2, 0.25) is 0 Å². The third-order valence-corrected chi connectivity index (χ3v) is 5.93. The van der Waals surface area contributed by atoms with Crippen LogP contribution < -0.4 is 9.64 Å². The fourth-order valence-electron chi connectivity index (χ4n) is 3.23. The van der Waals surface area contributed by atoms with Crippen LogP contribution in [0.1, 0.15) is 41.4 Å². The number of ether oxygens (including phenoxy) is 2. The highest BCUT2D eigenvalue weighted by Gasteiger charge is 2.19. The van der Waals surface area contributed by atoms with E-state index in [0.29, 0.717) is 22.3 Å². The van der Waals surface area contributed by atoms with Crippen LogP contribution in [0.15, 0.2) is 70.5 Å². The Kier molecular flexibility index (Phi) is 7.57. The number of hydrogen-bond donors (Lipinski definition) is 0. The van der Waals surface area contributed by atoms with E-state index < -0.39 is 5.97 Å². The summed E-state index contributed by atoms with van der Waals surface area (Å²) >= 11 is 1.29. The topological polar surface area (TPSA) is 81.9 Å². The minimum Gasteiger partial charge on any atom is -0.486 e. The van der Waals surface area contributed by atoms with Gasteiger partial charge in [0.1, 0.15) is 30.5 Å². The van der Waals surface area contributed by atoms with Crippen molar-refractivity contribution in [3.63, 3.8) is 0 Å². The van der Waals surface area contributed by atoms with Crippen LogP contribution in [0.5, 0.6) is 5.75 Å². The van der Waals surface area contributed by atoms with Crippen LogP contribution in [0.3, 0.4) is 0 Å². The normalized spacial score (nSPS) is 10.7. The summed E-state index contributed by atoms with van der Waals surface area (Å²) in [6.45, 7) is 3.55. The van der Waals surface area contributed by atoms with Gasteiger partial charge in [-0.3, -0.25) is 9.69 Å². The van der Waals surface area contributed by atoms with E-state index in [9.17, 15) is 14.0 Å².